The fourth-order valence-corrected chi connectivity index (χ4v) is 2.42. The fraction of sp³-hybridized carbons (Fsp3) is 0.875. The molecule has 0 spiro atoms. The quantitative estimate of drug-likeness (QED) is 0.792. The van der Waals surface area contributed by atoms with E-state index in [9.17, 15) is 0 Å². The highest BCUT2D eigenvalue weighted by atomic mass is 32.1. The number of nitrogens with zero attached hydrogens (tertiary/aromatic N) is 4. The van der Waals surface area contributed by atoms with Gasteiger partial charge in [-0.1, -0.05) is 9.59 Å². The van der Waals surface area contributed by atoms with E-state index in [0.29, 0.717) is 0 Å². The molecular weight excluding hydrogens is 198 g/mol. The van der Waals surface area contributed by atoms with Gasteiger partial charge in [0.2, 0.25) is 5.13 Å². The molecule has 2 rings (SSSR count). The van der Waals surface area contributed by atoms with Gasteiger partial charge in [0.25, 0.3) is 0 Å². The largest absolute Gasteiger partial charge is 0.345 e. The van der Waals surface area contributed by atoms with E-state index in [1.807, 2.05) is 0 Å². The zero-order valence-electron chi connectivity index (χ0n) is 8.09. The number of hydrogen-bond acceptors (Lipinski definition) is 6. The molecule has 6 heteroatoms. The lowest BCUT2D eigenvalue weighted by molar-refractivity contribution is 0.386. The number of anilines is 1. The summed E-state index contributed by atoms with van der Waals surface area (Å²) in [6, 6.07) is 0. The summed E-state index contributed by atoms with van der Waals surface area (Å²) in [7, 11) is 0. The lowest BCUT2D eigenvalue weighted by Gasteiger charge is -2.30. The van der Waals surface area contributed by atoms with Gasteiger partial charge in [0, 0.05) is 24.6 Å². The molecule has 1 aromatic heterocycles. The number of rotatable bonds is 3. The van der Waals surface area contributed by atoms with Crippen molar-refractivity contribution in [1.82, 2.24) is 14.8 Å². The normalized spacial score (nSPS) is 18.8. The monoisotopic (exact) mass is 213 g/mol. The summed E-state index contributed by atoms with van der Waals surface area (Å²) in [6.07, 6.45) is 3.59. The summed E-state index contributed by atoms with van der Waals surface area (Å²) in [6.45, 7) is 2.95. The highest BCUT2D eigenvalue weighted by molar-refractivity contribution is 7.09. The van der Waals surface area contributed by atoms with Crippen molar-refractivity contribution in [1.29, 1.82) is 0 Å². The third-order valence-electron chi connectivity index (χ3n) is 2.75. The molecule has 14 heavy (non-hydrogen) atoms. The molecule has 0 amide bonds. The minimum Gasteiger partial charge on any atom is -0.345 e. The summed E-state index contributed by atoms with van der Waals surface area (Å²) in [5.74, 6) is 0.803. The van der Waals surface area contributed by atoms with Crippen LogP contribution in [0.15, 0.2) is 0 Å². The maximum absolute atomic E-state index is 5.54. The van der Waals surface area contributed by atoms with Crippen LogP contribution < -0.4 is 10.6 Å². The lowest BCUT2D eigenvalue weighted by Crippen LogP contribution is -2.34. The highest BCUT2D eigenvalue weighted by Gasteiger charge is 2.20. The van der Waals surface area contributed by atoms with Crippen LogP contribution in [0.25, 0.3) is 0 Å². The smallest absolute Gasteiger partial charge is 0.227 e. The first kappa shape index (κ1) is 9.79. The van der Waals surface area contributed by atoms with E-state index >= 15 is 0 Å². The summed E-state index contributed by atoms with van der Waals surface area (Å²) >= 11 is 1.37. The van der Waals surface area contributed by atoms with Gasteiger partial charge < -0.3 is 10.6 Å². The van der Waals surface area contributed by atoms with Crippen LogP contribution in [0.4, 0.5) is 5.13 Å². The third-order valence-corrected chi connectivity index (χ3v) is 3.41. The van der Waals surface area contributed by atoms with Gasteiger partial charge in [0.05, 0.1) is 0 Å². The molecule has 0 unspecified atom stereocenters. The Morgan fingerprint density at radius 3 is 2.79 bits per heavy atom. The molecular formula is C8H15N5S. The first-order chi connectivity index (χ1) is 6.90. The number of nitrogens with two attached hydrogens (primary N) is 1. The minimum atomic E-state index is 0.803. The van der Waals surface area contributed by atoms with E-state index in [1.54, 1.807) is 0 Å². The maximum Gasteiger partial charge on any atom is 0.227 e. The number of hydrogen-bond donors (Lipinski definition) is 1. The average molecular weight is 213 g/mol. The van der Waals surface area contributed by atoms with Gasteiger partial charge in [-0.3, -0.25) is 0 Å². The Morgan fingerprint density at radius 2 is 2.21 bits per heavy atom. The van der Waals surface area contributed by atoms with E-state index in [4.69, 9.17) is 5.73 Å². The predicted molar refractivity (Wildman–Crippen MR) is 56.3 cm³/mol. The van der Waals surface area contributed by atoms with Gasteiger partial charge in [-0.15, -0.1) is 0 Å². The Bertz CT molecular complexity index is 255. The second kappa shape index (κ2) is 4.65. The predicted octanol–water partition coefficient (Wildman–Crippen LogP) is 0.498. The SMILES string of the molecule is NCCC1CCN(c2nnns2)CC1. The average Bonchev–Trinajstić information content (AvgIpc) is 2.72. The fourth-order valence-electron chi connectivity index (χ4n) is 1.90. The first-order valence-corrected chi connectivity index (χ1v) is 5.77. The van der Waals surface area contributed by atoms with Crippen LogP contribution in [0.2, 0.25) is 0 Å². The second-order valence-electron chi connectivity index (χ2n) is 3.65. The van der Waals surface area contributed by atoms with E-state index in [0.717, 1.165) is 37.1 Å². The molecule has 2 heterocycles. The third kappa shape index (κ3) is 2.19. The molecule has 78 valence electrons. The van der Waals surface area contributed by atoms with Crippen LogP contribution in [0.5, 0.6) is 0 Å². The van der Waals surface area contributed by atoms with Gasteiger partial charge >= 0.3 is 0 Å². The van der Waals surface area contributed by atoms with Crippen molar-refractivity contribution in [3.8, 4) is 0 Å². The molecule has 1 fully saturated rings. The van der Waals surface area contributed by atoms with Gasteiger partial charge in [0.15, 0.2) is 0 Å². The van der Waals surface area contributed by atoms with Crippen LogP contribution in [-0.2, 0) is 0 Å². The molecule has 0 radical (unpaired) electrons. The zero-order chi connectivity index (χ0) is 9.80. The molecule has 0 aliphatic carbocycles. The van der Waals surface area contributed by atoms with E-state index in [2.05, 4.69) is 19.7 Å². The van der Waals surface area contributed by atoms with Gasteiger partial charge in [-0.25, -0.2) is 0 Å². The van der Waals surface area contributed by atoms with Gasteiger partial charge in [0.1, 0.15) is 0 Å². The molecule has 0 atom stereocenters. The minimum absolute atomic E-state index is 0.803. The van der Waals surface area contributed by atoms with Crippen LogP contribution in [0, 0.1) is 5.92 Å². The van der Waals surface area contributed by atoms with Crippen molar-refractivity contribution in [2.24, 2.45) is 11.7 Å². The van der Waals surface area contributed by atoms with Crippen molar-refractivity contribution in [2.75, 3.05) is 24.5 Å². The molecule has 1 aliphatic heterocycles. The summed E-state index contributed by atoms with van der Waals surface area (Å²) in [5.41, 5.74) is 5.54. The molecule has 1 aliphatic rings. The summed E-state index contributed by atoms with van der Waals surface area (Å²) in [5, 5.41) is 8.53. The van der Waals surface area contributed by atoms with Crippen LogP contribution in [-0.4, -0.2) is 34.4 Å². The van der Waals surface area contributed by atoms with Crippen LogP contribution >= 0.6 is 11.5 Å². The molecule has 5 nitrogen and oxygen atoms in total. The van der Waals surface area contributed by atoms with Gasteiger partial charge in [-0.2, -0.15) is 0 Å². The molecule has 0 saturated carbocycles. The van der Waals surface area contributed by atoms with E-state index < -0.39 is 0 Å². The zero-order valence-corrected chi connectivity index (χ0v) is 8.91. The van der Waals surface area contributed by atoms with Crippen LogP contribution in [0.3, 0.4) is 0 Å². The second-order valence-corrected chi connectivity index (χ2v) is 4.36. The molecule has 0 aromatic carbocycles. The summed E-state index contributed by atoms with van der Waals surface area (Å²) < 4.78 is 3.77. The standard InChI is InChI=1S/C8H15N5S/c9-4-1-7-2-5-13(6-3-7)8-10-11-12-14-8/h7H,1-6,9H2. The number of aromatic nitrogens is 3. The van der Waals surface area contributed by atoms with Crippen molar-refractivity contribution >= 4 is 16.7 Å². The first-order valence-electron chi connectivity index (χ1n) is 5.00. The lowest BCUT2D eigenvalue weighted by atomic mass is 9.94. The van der Waals surface area contributed by atoms with E-state index in [-0.39, 0.29) is 0 Å². The maximum atomic E-state index is 5.54. The molecule has 0 bridgehead atoms. The Kier molecular flexibility index (Phi) is 3.26. The Balaban J connectivity index is 1.84. The Labute approximate surface area is 87.5 Å². The van der Waals surface area contributed by atoms with E-state index in [1.165, 1.54) is 24.4 Å². The van der Waals surface area contributed by atoms with Crippen LogP contribution in [0.1, 0.15) is 19.3 Å². The van der Waals surface area contributed by atoms with Crippen molar-refractivity contribution < 1.29 is 0 Å². The van der Waals surface area contributed by atoms with Crippen molar-refractivity contribution in [3.63, 3.8) is 0 Å². The Morgan fingerprint density at radius 1 is 1.43 bits per heavy atom. The number of piperidine rings is 1. The topological polar surface area (TPSA) is 67.9 Å². The summed E-state index contributed by atoms with van der Waals surface area (Å²) in [4.78, 5) is 2.26. The van der Waals surface area contributed by atoms with Crippen molar-refractivity contribution in [2.45, 2.75) is 19.3 Å². The molecule has 1 aromatic rings. The van der Waals surface area contributed by atoms with Crippen molar-refractivity contribution in [3.05, 3.63) is 0 Å². The van der Waals surface area contributed by atoms with Gasteiger partial charge in [-0.05, 0) is 36.9 Å². The molecule has 2 N–H and O–H groups in total. The molecule has 1 saturated heterocycles. The highest BCUT2D eigenvalue weighted by Crippen LogP contribution is 2.24. The Hall–Kier alpha value is -0.750.